The lowest BCUT2D eigenvalue weighted by Crippen LogP contribution is -2.16. The van der Waals surface area contributed by atoms with Crippen LogP contribution in [0.1, 0.15) is 26.2 Å². The summed E-state index contributed by atoms with van der Waals surface area (Å²) in [4.78, 5) is 2.39. The second kappa shape index (κ2) is 6.23. The SMILES string of the molecule is C=C(CC)N1CCCC1.CN. The minimum absolute atomic E-state index is 1.11. The summed E-state index contributed by atoms with van der Waals surface area (Å²) in [5.74, 6) is 0. The lowest BCUT2D eigenvalue weighted by molar-refractivity contribution is 0.415. The first-order chi connectivity index (χ1) is 5.34. The molecule has 1 aliphatic heterocycles. The van der Waals surface area contributed by atoms with Gasteiger partial charge in [-0.2, -0.15) is 0 Å². The molecule has 2 N–H and O–H groups in total. The van der Waals surface area contributed by atoms with E-state index in [4.69, 9.17) is 0 Å². The molecule has 1 saturated heterocycles. The van der Waals surface area contributed by atoms with E-state index in [-0.39, 0.29) is 0 Å². The Bertz CT molecular complexity index is 104. The lowest BCUT2D eigenvalue weighted by atomic mass is 10.3. The van der Waals surface area contributed by atoms with Crippen molar-refractivity contribution in [3.8, 4) is 0 Å². The second-order valence-electron chi connectivity index (χ2n) is 2.61. The summed E-state index contributed by atoms with van der Waals surface area (Å²) in [6, 6.07) is 0. The highest BCUT2D eigenvalue weighted by atomic mass is 15.1. The van der Waals surface area contributed by atoms with Gasteiger partial charge in [-0.15, -0.1) is 0 Å². The molecule has 1 rings (SSSR count). The van der Waals surface area contributed by atoms with Crippen molar-refractivity contribution in [2.24, 2.45) is 5.73 Å². The lowest BCUT2D eigenvalue weighted by Gasteiger charge is -2.18. The summed E-state index contributed by atoms with van der Waals surface area (Å²) < 4.78 is 0. The van der Waals surface area contributed by atoms with E-state index in [1.165, 1.54) is 38.7 Å². The molecule has 0 unspecified atom stereocenters. The monoisotopic (exact) mass is 156 g/mol. The topological polar surface area (TPSA) is 29.3 Å². The average molecular weight is 156 g/mol. The molecule has 0 aromatic rings. The minimum atomic E-state index is 1.11. The molecule has 0 aromatic carbocycles. The maximum atomic E-state index is 4.50. The molecule has 66 valence electrons. The Morgan fingerprint density at radius 3 is 2.18 bits per heavy atom. The number of likely N-dealkylation sites (tertiary alicyclic amines) is 1. The molecule has 0 saturated carbocycles. The first-order valence-corrected chi connectivity index (χ1v) is 4.35. The highest BCUT2D eigenvalue weighted by Gasteiger charge is 2.10. The van der Waals surface area contributed by atoms with Gasteiger partial charge in [0.2, 0.25) is 0 Å². The minimum Gasteiger partial charge on any atom is -0.375 e. The molecule has 0 aromatic heterocycles. The molecule has 1 heterocycles. The maximum Gasteiger partial charge on any atom is 0.0175 e. The molecule has 2 heteroatoms. The number of hydrogen-bond donors (Lipinski definition) is 1. The molecule has 1 fully saturated rings. The Kier molecular flexibility index (Phi) is 5.94. The van der Waals surface area contributed by atoms with Crippen molar-refractivity contribution >= 4 is 0 Å². The van der Waals surface area contributed by atoms with E-state index in [1.807, 2.05) is 0 Å². The van der Waals surface area contributed by atoms with Crippen LogP contribution in [0.3, 0.4) is 0 Å². The van der Waals surface area contributed by atoms with Gasteiger partial charge in [0.15, 0.2) is 0 Å². The van der Waals surface area contributed by atoms with Gasteiger partial charge in [-0.25, -0.2) is 0 Å². The van der Waals surface area contributed by atoms with Crippen molar-refractivity contribution in [2.45, 2.75) is 26.2 Å². The molecule has 0 bridgehead atoms. The molecule has 2 nitrogen and oxygen atoms in total. The quantitative estimate of drug-likeness (QED) is 0.657. The predicted octanol–water partition coefficient (Wildman–Crippen LogP) is 1.58. The molecule has 0 atom stereocenters. The summed E-state index contributed by atoms with van der Waals surface area (Å²) >= 11 is 0. The Morgan fingerprint density at radius 1 is 1.36 bits per heavy atom. The number of allylic oxidation sites excluding steroid dienone is 1. The smallest absolute Gasteiger partial charge is 0.0175 e. The largest absolute Gasteiger partial charge is 0.375 e. The maximum absolute atomic E-state index is 4.50. The van der Waals surface area contributed by atoms with Crippen LogP contribution in [-0.4, -0.2) is 25.0 Å². The van der Waals surface area contributed by atoms with Crippen LogP contribution in [0.15, 0.2) is 12.3 Å². The zero-order valence-electron chi connectivity index (χ0n) is 7.77. The van der Waals surface area contributed by atoms with Crippen molar-refractivity contribution in [3.05, 3.63) is 12.3 Å². The van der Waals surface area contributed by atoms with E-state index in [2.05, 4.69) is 24.1 Å². The summed E-state index contributed by atoms with van der Waals surface area (Å²) in [6.07, 6.45) is 3.83. The first-order valence-electron chi connectivity index (χ1n) is 4.35. The van der Waals surface area contributed by atoms with Gasteiger partial charge in [-0.1, -0.05) is 13.5 Å². The van der Waals surface area contributed by atoms with Gasteiger partial charge < -0.3 is 10.6 Å². The number of nitrogens with zero attached hydrogens (tertiary/aromatic N) is 1. The Morgan fingerprint density at radius 2 is 1.82 bits per heavy atom. The molecule has 0 spiro atoms. The summed E-state index contributed by atoms with van der Waals surface area (Å²) in [6.45, 7) is 8.63. The Balaban J connectivity index is 0.000000461. The van der Waals surface area contributed by atoms with Crippen molar-refractivity contribution in [1.29, 1.82) is 0 Å². The zero-order valence-corrected chi connectivity index (χ0v) is 7.77. The number of rotatable bonds is 2. The van der Waals surface area contributed by atoms with Crippen molar-refractivity contribution in [1.82, 2.24) is 4.90 Å². The molecule has 0 amide bonds. The Hall–Kier alpha value is -0.500. The van der Waals surface area contributed by atoms with Crippen LogP contribution in [0.25, 0.3) is 0 Å². The third kappa shape index (κ3) is 3.42. The van der Waals surface area contributed by atoms with E-state index in [0.29, 0.717) is 0 Å². The second-order valence-corrected chi connectivity index (χ2v) is 2.61. The molecule has 1 aliphatic rings. The summed E-state index contributed by atoms with van der Waals surface area (Å²) in [7, 11) is 1.50. The predicted molar refractivity (Wildman–Crippen MR) is 50.3 cm³/mol. The zero-order chi connectivity index (χ0) is 8.69. The van der Waals surface area contributed by atoms with Gasteiger partial charge in [0.25, 0.3) is 0 Å². The van der Waals surface area contributed by atoms with E-state index in [9.17, 15) is 0 Å². The third-order valence-corrected chi connectivity index (χ3v) is 1.96. The molecule has 0 radical (unpaired) electrons. The van der Waals surface area contributed by atoms with Crippen LogP contribution in [-0.2, 0) is 0 Å². The van der Waals surface area contributed by atoms with Gasteiger partial charge in [-0.05, 0) is 26.3 Å². The van der Waals surface area contributed by atoms with Crippen molar-refractivity contribution < 1.29 is 0 Å². The Labute approximate surface area is 70.1 Å². The molecular formula is C9H20N2. The van der Waals surface area contributed by atoms with Crippen LogP contribution in [0.2, 0.25) is 0 Å². The van der Waals surface area contributed by atoms with E-state index in [1.54, 1.807) is 0 Å². The van der Waals surface area contributed by atoms with Crippen molar-refractivity contribution in [2.75, 3.05) is 20.1 Å². The average Bonchev–Trinajstić information content (AvgIpc) is 2.59. The van der Waals surface area contributed by atoms with Gasteiger partial charge in [0.05, 0.1) is 0 Å². The van der Waals surface area contributed by atoms with Crippen LogP contribution in [0.5, 0.6) is 0 Å². The normalized spacial score (nSPS) is 15.7. The van der Waals surface area contributed by atoms with Crippen LogP contribution >= 0.6 is 0 Å². The van der Waals surface area contributed by atoms with Gasteiger partial charge in [-0.3, -0.25) is 0 Å². The van der Waals surface area contributed by atoms with Gasteiger partial charge >= 0.3 is 0 Å². The van der Waals surface area contributed by atoms with E-state index >= 15 is 0 Å². The fraction of sp³-hybridized carbons (Fsp3) is 0.778. The van der Waals surface area contributed by atoms with Gasteiger partial charge in [0, 0.05) is 18.8 Å². The molecule has 0 aliphatic carbocycles. The standard InChI is InChI=1S/C8H15N.CH5N/c1-3-8(2)9-6-4-5-7-9;1-2/h2-7H2,1H3;2H2,1H3. The van der Waals surface area contributed by atoms with Crippen LogP contribution in [0.4, 0.5) is 0 Å². The fourth-order valence-corrected chi connectivity index (χ4v) is 1.26. The van der Waals surface area contributed by atoms with Crippen molar-refractivity contribution in [3.63, 3.8) is 0 Å². The van der Waals surface area contributed by atoms with Gasteiger partial charge in [0.1, 0.15) is 0 Å². The van der Waals surface area contributed by atoms with Crippen LogP contribution < -0.4 is 5.73 Å². The van der Waals surface area contributed by atoms with E-state index in [0.717, 1.165) is 6.42 Å². The number of hydrogen-bond acceptors (Lipinski definition) is 2. The van der Waals surface area contributed by atoms with E-state index < -0.39 is 0 Å². The summed E-state index contributed by atoms with van der Waals surface area (Å²) in [5, 5.41) is 0. The summed E-state index contributed by atoms with van der Waals surface area (Å²) in [5.41, 5.74) is 5.81. The first kappa shape index (κ1) is 10.5. The fourth-order valence-electron chi connectivity index (χ4n) is 1.26. The number of nitrogens with two attached hydrogens (primary N) is 1. The van der Waals surface area contributed by atoms with Crippen LogP contribution in [0, 0.1) is 0 Å². The third-order valence-electron chi connectivity index (χ3n) is 1.96. The highest BCUT2D eigenvalue weighted by molar-refractivity contribution is 4.94. The molecular weight excluding hydrogens is 136 g/mol. The molecule has 11 heavy (non-hydrogen) atoms. The highest BCUT2D eigenvalue weighted by Crippen LogP contribution is 2.14.